The van der Waals surface area contributed by atoms with E-state index in [4.69, 9.17) is 22.6 Å². The maximum atomic E-state index is 5.61. The highest BCUT2D eigenvalue weighted by molar-refractivity contribution is 5.51. The van der Waals surface area contributed by atoms with E-state index in [0.29, 0.717) is 17.9 Å². The van der Waals surface area contributed by atoms with Crippen molar-refractivity contribution in [3.05, 3.63) is 5.69 Å². The van der Waals surface area contributed by atoms with E-state index in [-0.39, 0.29) is 18.4 Å². The molecule has 1 rings (SSSR count). The average Bonchev–Trinajstić information content (AvgIpc) is 2.15. The quantitative estimate of drug-likeness (QED) is 0.669. The molecule has 0 fully saturated rings. The van der Waals surface area contributed by atoms with Crippen LogP contribution in [0.4, 0.5) is 11.8 Å². The molecule has 0 unspecified atom stereocenters. The standard InChI is InChI=1S/C9H12N4O/c1-3-5-14-7-6(4-2)12-9(11)13-8(7)10/h1H,4-5H2,2H3,(H4,10,11,12,13). The monoisotopic (exact) mass is 192 g/mol. The molecule has 5 heteroatoms. The molecule has 0 aliphatic heterocycles. The number of aryl methyl sites for hydroxylation is 1. The van der Waals surface area contributed by atoms with Crippen LogP contribution in [0.3, 0.4) is 0 Å². The van der Waals surface area contributed by atoms with E-state index in [9.17, 15) is 0 Å². The summed E-state index contributed by atoms with van der Waals surface area (Å²) in [5, 5.41) is 0. The van der Waals surface area contributed by atoms with E-state index in [0.717, 1.165) is 0 Å². The number of hydrogen-bond donors (Lipinski definition) is 2. The number of hydrogen-bond acceptors (Lipinski definition) is 5. The van der Waals surface area contributed by atoms with E-state index in [1.807, 2.05) is 6.92 Å². The molecule has 1 heterocycles. The van der Waals surface area contributed by atoms with Crippen molar-refractivity contribution in [2.75, 3.05) is 18.1 Å². The molecule has 0 saturated carbocycles. The summed E-state index contributed by atoms with van der Waals surface area (Å²) in [6.07, 6.45) is 5.73. The Labute approximate surface area is 82.5 Å². The van der Waals surface area contributed by atoms with E-state index in [1.165, 1.54) is 0 Å². The van der Waals surface area contributed by atoms with Gasteiger partial charge in [-0.1, -0.05) is 12.8 Å². The minimum atomic E-state index is 0.143. The molecule has 74 valence electrons. The van der Waals surface area contributed by atoms with E-state index < -0.39 is 0 Å². The third kappa shape index (κ3) is 2.04. The number of rotatable bonds is 3. The Morgan fingerprint density at radius 1 is 1.43 bits per heavy atom. The molecule has 0 spiro atoms. The van der Waals surface area contributed by atoms with Crippen molar-refractivity contribution >= 4 is 11.8 Å². The molecular formula is C9H12N4O. The summed E-state index contributed by atoms with van der Waals surface area (Å²) in [7, 11) is 0. The van der Waals surface area contributed by atoms with Crippen LogP contribution in [0.2, 0.25) is 0 Å². The van der Waals surface area contributed by atoms with Crippen LogP contribution in [-0.4, -0.2) is 16.6 Å². The Kier molecular flexibility index (Phi) is 3.13. The van der Waals surface area contributed by atoms with E-state index in [1.54, 1.807) is 0 Å². The molecule has 0 atom stereocenters. The third-order valence-electron chi connectivity index (χ3n) is 1.61. The Bertz CT molecular complexity index is 370. The Morgan fingerprint density at radius 3 is 2.71 bits per heavy atom. The second-order valence-corrected chi connectivity index (χ2v) is 2.59. The fraction of sp³-hybridized carbons (Fsp3) is 0.333. The molecule has 0 saturated heterocycles. The molecule has 0 radical (unpaired) electrons. The van der Waals surface area contributed by atoms with Gasteiger partial charge in [-0.25, -0.2) is 4.98 Å². The van der Waals surface area contributed by atoms with Gasteiger partial charge in [0.1, 0.15) is 6.61 Å². The van der Waals surface area contributed by atoms with Gasteiger partial charge >= 0.3 is 0 Å². The van der Waals surface area contributed by atoms with Gasteiger partial charge in [0.2, 0.25) is 5.95 Å². The highest BCUT2D eigenvalue weighted by atomic mass is 16.5. The van der Waals surface area contributed by atoms with Crippen LogP contribution in [0.5, 0.6) is 5.75 Å². The number of nitrogens with two attached hydrogens (primary N) is 2. The minimum Gasteiger partial charge on any atom is -0.475 e. The van der Waals surface area contributed by atoms with Crippen molar-refractivity contribution in [2.45, 2.75) is 13.3 Å². The molecule has 0 aliphatic carbocycles. The highest BCUT2D eigenvalue weighted by Gasteiger charge is 2.10. The molecule has 4 N–H and O–H groups in total. The predicted molar refractivity (Wildman–Crippen MR) is 54.6 cm³/mol. The molecule has 0 amide bonds. The van der Waals surface area contributed by atoms with Gasteiger partial charge in [0.15, 0.2) is 11.6 Å². The van der Waals surface area contributed by atoms with Crippen molar-refractivity contribution in [1.29, 1.82) is 0 Å². The summed E-state index contributed by atoms with van der Waals surface area (Å²) in [6, 6.07) is 0. The van der Waals surface area contributed by atoms with E-state index in [2.05, 4.69) is 15.9 Å². The van der Waals surface area contributed by atoms with Crippen molar-refractivity contribution in [3.63, 3.8) is 0 Å². The summed E-state index contributed by atoms with van der Waals surface area (Å²) in [6.45, 7) is 2.06. The Morgan fingerprint density at radius 2 is 2.14 bits per heavy atom. The first-order valence-electron chi connectivity index (χ1n) is 4.17. The maximum absolute atomic E-state index is 5.61. The van der Waals surface area contributed by atoms with Gasteiger partial charge in [-0.2, -0.15) is 4.98 Å². The number of nitrogen functional groups attached to an aromatic ring is 2. The van der Waals surface area contributed by atoms with Crippen LogP contribution in [0, 0.1) is 12.3 Å². The van der Waals surface area contributed by atoms with Crippen LogP contribution in [0.1, 0.15) is 12.6 Å². The first-order valence-corrected chi connectivity index (χ1v) is 4.17. The Balaban J connectivity index is 3.06. The summed E-state index contributed by atoms with van der Waals surface area (Å²) < 4.78 is 5.22. The smallest absolute Gasteiger partial charge is 0.222 e. The normalized spacial score (nSPS) is 9.43. The van der Waals surface area contributed by atoms with Crippen LogP contribution in [0.25, 0.3) is 0 Å². The summed E-state index contributed by atoms with van der Waals surface area (Å²) in [5.41, 5.74) is 11.7. The number of nitrogens with zero attached hydrogens (tertiary/aromatic N) is 2. The van der Waals surface area contributed by atoms with Crippen molar-refractivity contribution in [1.82, 2.24) is 9.97 Å². The first kappa shape index (κ1) is 10.1. The molecule has 0 aliphatic rings. The fourth-order valence-electron chi connectivity index (χ4n) is 1.05. The van der Waals surface area contributed by atoms with Gasteiger partial charge in [-0.05, 0) is 6.42 Å². The Hall–Kier alpha value is -1.96. The second kappa shape index (κ2) is 4.33. The third-order valence-corrected chi connectivity index (χ3v) is 1.61. The number of aromatic nitrogens is 2. The summed E-state index contributed by atoms with van der Waals surface area (Å²) >= 11 is 0. The zero-order valence-electron chi connectivity index (χ0n) is 7.95. The molecule has 1 aromatic heterocycles. The van der Waals surface area contributed by atoms with Crippen LogP contribution >= 0.6 is 0 Å². The lowest BCUT2D eigenvalue weighted by molar-refractivity contribution is 0.365. The maximum Gasteiger partial charge on any atom is 0.222 e. The van der Waals surface area contributed by atoms with Crippen LogP contribution in [0.15, 0.2) is 0 Å². The van der Waals surface area contributed by atoms with Gasteiger partial charge in [-0.3, -0.25) is 0 Å². The minimum absolute atomic E-state index is 0.143. The van der Waals surface area contributed by atoms with Crippen molar-refractivity contribution < 1.29 is 4.74 Å². The van der Waals surface area contributed by atoms with Crippen molar-refractivity contribution in [2.24, 2.45) is 0 Å². The predicted octanol–water partition coefficient (Wildman–Crippen LogP) is 0.215. The zero-order chi connectivity index (χ0) is 10.6. The van der Waals surface area contributed by atoms with Gasteiger partial charge in [0.05, 0.1) is 5.69 Å². The van der Waals surface area contributed by atoms with Gasteiger partial charge < -0.3 is 16.2 Å². The highest BCUT2D eigenvalue weighted by Crippen LogP contribution is 2.24. The van der Waals surface area contributed by atoms with Gasteiger partial charge in [-0.15, -0.1) is 6.42 Å². The zero-order valence-corrected chi connectivity index (χ0v) is 7.95. The molecule has 0 bridgehead atoms. The molecule has 14 heavy (non-hydrogen) atoms. The number of terminal acetylenes is 1. The summed E-state index contributed by atoms with van der Waals surface area (Å²) in [4.78, 5) is 7.78. The molecule has 0 aromatic carbocycles. The average molecular weight is 192 g/mol. The number of ether oxygens (including phenoxy) is 1. The van der Waals surface area contributed by atoms with Gasteiger partial charge in [0.25, 0.3) is 0 Å². The van der Waals surface area contributed by atoms with Gasteiger partial charge in [0, 0.05) is 0 Å². The SMILES string of the molecule is C#CCOc1c(N)nc(N)nc1CC. The molecule has 1 aromatic rings. The van der Waals surface area contributed by atoms with Crippen molar-refractivity contribution in [3.8, 4) is 18.1 Å². The first-order chi connectivity index (χ1) is 6.69. The van der Waals surface area contributed by atoms with E-state index >= 15 is 0 Å². The molecule has 5 nitrogen and oxygen atoms in total. The lowest BCUT2D eigenvalue weighted by Crippen LogP contribution is -2.08. The lowest BCUT2D eigenvalue weighted by atomic mass is 10.3. The second-order valence-electron chi connectivity index (χ2n) is 2.59. The topological polar surface area (TPSA) is 87.0 Å². The van der Waals surface area contributed by atoms with Crippen LogP contribution < -0.4 is 16.2 Å². The van der Waals surface area contributed by atoms with Crippen LogP contribution in [-0.2, 0) is 6.42 Å². The largest absolute Gasteiger partial charge is 0.475 e. The lowest BCUT2D eigenvalue weighted by Gasteiger charge is -2.09. The number of anilines is 2. The fourth-order valence-corrected chi connectivity index (χ4v) is 1.05. The summed E-state index contributed by atoms with van der Waals surface area (Å²) in [5.74, 6) is 3.15. The molecular weight excluding hydrogens is 180 g/mol.